The molecule has 0 saturated carbocycles. The fraction of sp³-hybridized carbons (Fsp3) is 0.400. The summed E-state index contributed by atoms with van der Waals surface area (Å²) in [4.78, 5) is 0. The second kappa shape index (κ2) is 7.67. The maximum Gasteiger partial charge on any atom is 0.0832 e. The van der Waals surface area contributed by atoms with E-state index >= 15 is 0 Å². The zero-order chi connectivity index (χ0) is 14.4. The summed E-state index contributed by atoms with van der Waals surface area (Å²) in [6.07, 6.45) is 7.22. The van der Waals surface area contributed by atoms with Crippen molar-refractivity contribution in [3.8, 4) is 5.69 Å². The first-order valence-electron chi connectivity index (χ1n) is 6.90. The molecule has 1 aromatic carbocycles. The molecule has 0 saturated heterocycles. The van der Waals surface area contributed by atoms with Gasteiger partial charge in [-0.1, -0.05) is 30.1 Å². The Labute approximate surface area is 129 Å². The highest BCUT2D eigenvalue weighted by Gasteiger charge is 2.05. The molecule has 1 heterocycles. The average Bonchev–Trinajstić information content (AvgIpc) is 2.87. The molecule has 0 spiro atoms. The quantitative estimate of drug-likeness (QED) is 0.780. The number of rotatable bonds is 7. The Morgan fingerprint density at radius 3 is 2.85 bits per heavy atom. The third-order valence-corrected chi connectivity index (χ3v) is 3.58. The van der Waals surface area contributed by atoms with Gasteiger partial charge in [0.05, 0.1) is 16.9 Å². The van der Waals surface area contributed by atoms with Crippen LogP contribution in [0.1, 0.15) is 25.3 Å². The SMILES string of the molecule is CCCNCCCc1cnn(-c2ccc(Cl)cc2Cl)c1. The van der Waals surface area contributed by atoms with E-state index in [0.717, 1.165) is 31.6 Å². The molecule has 0 unspecified atom stereocenters. The third-order valence-electron chi connectivity index (χ3n) is 3.04. The number of aromatic nitrogens is 2. The zero-order valence-corrected chi connectivity index (χ0v) is 13.1. The van der Waals surface area contributed by atoms with Gasteiger partial charge < -0.3 is 5.32 Å². The van der Waals surface area contributed by atoms with E-state index in [1.165, 1.54) is 12.0 Å². The van der Waals surface area contributed by atoms with Crippen molar-refractivity contribution in [1.82, 2.24) is 15.1 Å². The summed E-state index contributed by atoms with van der Waals surface area (Å²) < 4.78 is 1.80. The van der Waals surface area contributed by atoms with E-state index in [9.17, 15) is 0 Å². The maximum atomic E-state index is 6.18. The van der Waals surface area contributed by atoms with Crippen LogP contribution in [-0.2, 0) is 6.42 Å². The highest BCUT2D eigenvalue weighted by atomic mass is 35.5. The van der Waals surface area contributed by atoms with Crippen molar-refractivity contribution in [3.63, 3.8) is 0 Å². The largest absolute Gasteiger partial charge is 0.317 e. The Hall–Kier alpha value is -1.03. The van der Waals surface area contributed by atoms with Crippen molar-refractivity contribution in [1.29, 1.82) is 0 Å². The standard InChI is InChI=1S/C15H19Cl2N3/c1-2-7-18-8-3-4-12-10-19-20(11-12)15-6-5-13(16)9-14(15)17/h5-6,9-11,18H,2-4,7-8H2,1H3. The van der Waals surface area contributed by atoms with Crippen LogP contribution in [0.5, 0.6) is 0 Å². The number of hydrogen-bond acceptors (Lipinski definition) is 2. The molecule has 0 atom stereocenters. The topological polar surface area (TPSA) is 29.9 Å². The van der Waals surface area contributed by atoms with Crippen molar-refractivity contribution in [2.45, 2.75) is 26.2 Å². The van der Waals surface area contributed by atoms with Gasteiger partial charge in [-0.25, -0.2) is 4.68 Å². The van der Waals surface area contributed by atoms with Crippen molar-refractivity contribution < 1.29 is 0 Å². The molecule has 0 radical (unpaired) electrons. The van der Waals surface area contributed by atoms with Crippen LogP contribution >= 0.6 is 23.2 Å². The molecule has 0 bridgehead atoms. The number of benzene rings is 1. The van der Waals surface area contributed by atoms with Crippen molar-refractivity contribution in [3.05, 3.63) is 46.2 Å². The summed E-state index contributed by atoms with van der Waals surface area (Å²) in [5.41, 5.74) is 2.07. The Morgan fingerprint density at radius 1 is 1.25 bits per heavy atom. The number of nitrogens with zero attached hydrogens (tertiary/aromatic N) is 2. The third kappa shape index (κ3) is 4.23. The Kier molecular flexibility index (Phi) is 5.89. The lowest BCUT2D eigenvalue weighted by Gasteiger charge is -2.04. The smallest absolute Gasteiger partial charge is 0.0832 e. The molecule has 1 N–H and O–H groups in total. The van der Waals surface area contributed by atoms with E-state index in [-0.39, 0.29) is 0 Å². The molecule has 0 fully saturated rings. The van der Waals surface area contributed by atoms with Gasteiger partial charge in [-0.05, 0) is 56.1 Å². The van der Waals surface area contributed by atoms with Gasteiger partial charge in [-0.2, -0.15) is 5.10 Å². The second-order valence-electron chi connectivity index (χ2n) is 4.74. The Balaban J connectivity index is 1.95. The van der Waals surface area contributed by atoms with E-state index in [0.29, 0.717) is 10.0 Å². The number of nitrogens with one attached hydrogen (secondary N) is 1. The zero-order valence-electron chi connectivity index (χ0n) is 11.6. The first-order valence-corrected chi connectivity index (χ1v) is 7.66. The van der Waals surface area contributed by atoms with Crippen LogP contribution in [0.15, 0.2) is 30.6 Å². The van der Waals surface area contributed by atoms with Gasteiger partial charge in [-0.3, -0.25) is 0 Å². The van der Waals surface area contributed by atoms with Gasteiger partial charge in [0.15, 0.2) is 0 Å². The minimum Gasteiger partial charge on any atom is -0.317 e. The van der Waals surface area contributed by atoms with E-state index in [2.05, 4.69) is 17.3 Å². The summed E-state index contributed by atoms with van der Waals surface area (Å²) >= 11 is 12.1. The van der Waals surface area contributed by atoms with Crippen molar-refractivity contribution >= 4 is 23.2 Å². The Bertz CT molecular complexity index is 552. The minimum atomic E-state index is 0.608. The summed E-state index contributed by atoms with van der Waals surface area (Å²) in [5.74, 6) is 0. The second-order valence-corrected chi connectivity index (χ2v) is 5.59. The molecule has 20 heavy (non-hydrogen) atoms. The lowest BCUT2D eigenvalue weighted by molar-refractivity contribution is 0.640. The van der Waals surface area contributed by atoms with Gasteiger partial charge in [0.25, 0.3) is 0 Å². The van der Waals surface area contributed by atoms with Crippen LogP contribution in [0.3, 0.4) is 0 Å². The molecular weight excluding hydrogens is 293 g/mol. The van der Waals surface area contributed by atoms with Crippen LogP contribution in [-0.4, -0.2) is 22.9 Å². The fourth-order valence-electron chi connectivity index (χ4n) is 2.01. The first-order chi connectivity index (χ1) is 9.70. The van der Waals surface area contributed by atoms with Crippen LogP contribution in [0, 0.1) is 0 Å². The van der Waals surface area contributed by atoms with Gasteiger partial charge in [0, 0.05) is 11.2 Å². The average molecular weight is 312 g/mol. The molecule has 0 amide bonds. The van der Waals surface area contributed by atoms with Crippen LogP contribution in [0.4, 0.5) is 0 Å². The van der Waals surface area contributed by atoms with Gasteiger partial charge >= 0.3 is 0 Å². The molecule has 2 aromatic rings. The molecule has 0 aliphatic heterocycles. The van der Waals surface area contributed by atoms with Crippen LogP contribution < -0.4 is 5.32 Å². The molecule has 5 heteroatoms. The van der Waals surface area contributed by atoms with Gasteiger partial charge in [0.2, 0.25) is 0 Å². The number of aryl methyl sites for hydroxylation is 1. The lowest BCUT2D eigenvalue weighted by Crippen LogP contribution is -2.16. The molecule has 1 aromatic heterocycles. The summed E-state index contributed by atoms with van der Waals surface area (Å²) in [6, 6.07) is 5.43. The van der Waals surface area contributed by atoms with Gasteiger partial charge in [-0.15, -0.1) is 0 Å². The summed E-state index contributed by atoms with van der Waals surface area (Å²) in [5, 5.41) is 9.00. The summed E-state index contributed by atoms with van der Waals surface area (Å²) in [7, 11) is 0. The summed E-state index contributed by atoms with van der Waals surface area (Å²) in [6.45, 7) is 4.30. The predicted molar refractivity (Wildman–Crippen MR) is 85.1 cm³/mol. The van der Waals surface area contributed by atoms with E-state index in [1.54, 1.807) is 10.7 Å². The van der Waals surface area contributed by atoms with Crippen molar-refractivity contribution in [2.24, 2.45) is 0 Å². The predicted octanol–water partition coefficient (Wildman–Crippen LogP) is 4.11. The number of halogens is 2. The highest BCUT2D eigenvalue weighted by Crippen LogP contribution is 2.24. The minimum absolute atomic E-state index is 0.608. The Morgan fingerprint density at radius 2 is 2.10 bits per heavy atom. The molecule has 0 aliphatic carbocycles. The molecular formula is C15H19Cl2N3. The van der Waals surface area contributed by atoms with Gasteiger partial charge in [0.1, 0.15) is 0 Å². The van der Waals surface area contributed by atoms with E-state index < -0.39 is 0 Å². The molecule has 3 nitrogen and oxygen atoms in total. The molecule has 0 aliphatic rings. The maximum absolute atomic E-state index is 6.18. The van der Waals surface area contributed by atoms with E-state index in [1.807, 2.05) is 24.5 Å². The molecule has 2 rings (SSSR count). The van der Waals surface area contributed by atoms with Crippen molar-refractivity contribution in [2.75, 3.05) is 13.1 Å². The molecule has 108 valence electrons. The van der Waals surface area contributed by atoms with Crippen LogP contribution in [0.2, 0.25) is 10.0 Å². The highest BCUT2D eigenvalue weighted by molar-refractivity contribution is 6.35. The normalized spacial score (nSPS) is 10.9. The lowest BCUT2D eigenvalue weighted by atomic mass is 10.2. The van der Waals surface area contributed by atoms with E-state index in [4.69, 9.17) is 23.2 Å². The fourth-order valence-corrected chi connectivity index (χ4v) is 2.50. The monoisotopic (exact) mass is 311 g/mol. The first kappa shape index (κ1) is 15.4. The number of hydrogen-bond donors (Lipinski definition) is 1. The van der Waals surface area contributed by atoms with Crippen LogP contribution in [0.25, 0.3) is 5.69 Å².